The van der Waals surface area contributed by atoms with Crippen LogP contribution in [0.3, 0.4) is 0 Å². The Labute approximate surface area is 109 Å². The molecule has 0 radical (unpaired) electrons. The van der Waals surface area contributed by atoms with Crippen LogP contribution in [0, 0.1) is 11.7 Å². The molecule has 0 fully saturated rings. The lowest BCUT2D eigenvalue weighted by Crippen LogP contribution is -2.21. The van der Waals surface area contributed by atoms with Crippen molar-refractivity contribution in [3.63, 3.8) is 0 Å². The summed E-state index contributed by atoms with van der Waals surface area (Å²) in [7, 11) is 0. The number of benzene rings is 1. The van der Waals surface area contributed by atoms with Crippen molar-refractivity contribution in [3.8, 4) is 0 Å². The summed E-state index contributed by atoms with van der Waals surface area (Å²) in [5.74, 6) is -0.685. The minimum absolute atomic E-state index is 0.0705. The second kappa shape index (κ2) is 6.86. The Balaban J connectivity index is 2.61. The van der Waals surface area contributed by atoms with E-state index in [1.54, 1.807) is 0 Å². The van der Waals surface area contributed by atoms with Gasteiger partial charge in [-0.2, -0.15) is 13.2 Å². The number of halogens is 4. The van der Waals surface area contributed by atoms with Crippen LogP contribution in [0.1, 0.15) is 24.5 Å². The first-order valence-corrected chi connectivity index (χ1v) is 6.01. The minimum atomic E-state index is -4.54. The number of alkyl halides is 3. The standard InChI is InChI=1S/C13H17F4NO/c1-9(2-3-19)7-18-8-10-4-11(13(15,16)17)6-12(14)5-10/h4-6,9,18-19H,2-3,7-8H2,1H3. The second-order valence-corrected chi connectivity index (χ2v) is 4.59. The Hall–Kier alpha value is -1.14. The molecule has 0 aliphatic carbocycles. The van der Waals surface area contributed by atoms with Crippen molar-refractivity contribution in [1.82, 2.24) is 5.32 Å². The Kier molecular flexibility index (Phi) is 5.75. The molecule has 19 heavy (non-hydrogen) atoms. The van der Waals surface area contributed by atoms with Gasteiger partial charge in [-0.3, -0.25) is 0 Å². The normalized spacial score (nSPS) is 13.6. The van der Waals surface area contributed by atoms with E-state index in [-0.39, 0.29) is 24.6 Å². The molecule has 0 amide bonds. The monoisotopic (exact) mass is 279 g/mol. The van der Waals surface area contributed by atoms with E-state index in [2.05, 4.69) is 5.32 Å². The topological polar surface area (TPSA) is 32.3 Å². The highest BCUT2D eigenvalue weighted by atomic mass is 19.4. The highest BCUT2D eigenvalue weighted by Gasteiger charge is 2.31. The van der Waals surface area contributed by atoms with E-state index >= 15 is 0 Å². The lowest BCUT2D eigenvalue weighted by Gasteiger charge is -2.13. The molecule has 1 unspecified atom stereocenters. The van der Waals surface area contributed by atoms with Crippen molar-refractivity contribution in [2.24, 2.45) is 5.92 Å². The number of aliphatic hydroxyl groups excluding tert-OH is 1. The van der Waals surface area contributed by atoms with E-state index in [4.69, 9.17) is 5.11 Å². The maximum absolute atomic E-state index is 13.1. The van der Waals surface area contributed by atoms with Crippen molar-refractivity contribution in [3.05, 3.63) is 35.1 Å². The molecule has 0 aromatic heterocycles. The van der Waals surface area contributed by atoms with Crippen molar-refractivity contribution in [1.29, 1.82) is 0 Å². The van der Waals surface area contributed by atoms with E-state index in [0.717, 1.165) is 12.1 Å². The maximum atomic E-state index is 13.1. The van der Waals surface area contributed by atoms with Gasteiger partial charge in [0.2, 0.25) is 0 Å². The first-order valence-electron chi connectivity index (χ1n) is 6.01. The molecule has 1 aromatic rings. The van der Waals surface area contributed by atoms with Gasteiger partial charge in [-0.25, -0.2) is 4.39 Å². The van der Waals surface area contributed by atoms with Gasteiger partial charge in [0.15, 0.2) is 0 Å². The number of aliphatic hydroxyl groups is 1. The zero-order chi connectivity index (χ0) is 14.5. The van der Waals surface area contributed by atoms with Crippen molar-refractivity contribution in [2.75, 3.05) is 13.2 Å². The molecule has 0 bridgehead atoms. The van der Waals surface area contributed by atoms with Gasteiger partial charge >= 0.3 is 6.18 Å². The van der Waals surface area contributed by atoms with Gasteiger partial charge in [-0.05, 0) is 42.6 Å². The SMILES string of the molecule is CC(CCO)CNCc1cc(F)cc(C(F)(F)F)c1. The molecule has 108 valence electrons. The molecule has 1 atom stereocenters. The zero-order valence-corrected chi connectivity index (χ0v) is 10.6. The van der Waals surface area contributed by atoms with Gasteiger partial charge < -0.3 is 10.4 Å². The van der Waals surface area contributed by atoms with Crippen molar-refractivity contribution >= 4 is 0 Å². The molecule has 0 spiro atoms. The average Bonchev–Trinajstić information content (AvgIpc) is 2.27. The first kappa shape index (κ1) is 15.9. The molecule has 0 saturated heterocycles. The maximum Gasteiger partial charge on any atom is 0.416 e. The highest BCUT2D eigenvalue weighted by Crippen LogP contribution is 2.30. The number of rotatable bonds is 6. The van der Waals surface area contributed by atoms with E-state index in [1.165, 1.54) is 0 Å². The molecule has 0 saturated carbocycles. The van der Waals surface area contributed by atoms with E-state index < -0.39 is 17.6 Å². The molecule has 2 N–H and O–H groups in total. The molecule has 0 aliphatic rings. The van der Waals surface area contributed by atoms with Gasteiger partial charge in [0.25, 0.3) is 0 Å². The van der Waals surface area contributed by atoms with Crippen LogP contribution < -0.4 is 5.32 Å². The third-order valence-corrected chi connectivity index (χ3v) is 2.73. The summed E-state index contributed by atoms with van der Waals surface area (Å²) in [6.45, 7) is 2.70. The van der Waals surface area contributed by atoms with Crippen LogP contribution in [0.4, 0.5) is 17.6 Å². The Morgan fingerprint density at radius 2 is 1.95 bits per heavy atom. The van der Waals surface area contributed by atoms with E-state index in [0.29, 0.717) is 19.0 Å². The molecule has 1 aromatic carbocycles. The smallest absolute Gasteiger partial charge is 0.396 e. The summed E-state index contributed by atoms with van der Waals surface area (Å²) >= 11 is 0. The van der Waals surface area contributed by atoms with Crippen LogP contribution in [-0.4, -0.2) is 18.3 Å². The van der Waals surface area contributed by atoms with Crippen LogP contribution >= 0.6 is 0 Å². The fraction of sp³-hybridized carbons (Fsp3) is 0.538. The number of hydrogen-bond donors (Lipinski definition) is 2. The van der Waals surface area contributed by atoms with E-state index in [9.17, 15) is 17.6 Å². The Morgan fingerprint density at radius 1 is 1.26 bits per heavy atom. The second-order valence-electron chi connectivity index (χ2n) is 4.59. The molecule has 0 heterocycles. The summed E-state index contributed by atoms with van der Waals surface area (Å²) in [5, 5.41) is 11.7. The van der Waals surface area contributed by atoms with Gasteiger partial charge in [0, 0.05) is 13.2 Å². The predicted octanol–water partition coefficient (Wildman–Crippen LogP) is 2.95. The predicted molar refractivity (Wildman–Crippen MR) is 64.0 cm³/mol. The van der Waals surface area contributed by atoms with Gasteiger partial charge in [0.1, 0.15) is 5.82 Å². The average molecular weight is 279 g/mol. The van der Waals surface area contributed by atoms with Crippen LogP contribution in [0.15, 0.2) is 18.2 Å². The highest BCUT2D eigenvalue weighted by molar-refractivity contribution is 5.26. The number of hydrogen-bond acceptors (Lipinski definition) is 2. The summed E-state index contributed by atoms with van der Waals surface area (Å²) in [6, 6.07) is 2.50. The minimum Gasteiger partial charge on any atom is -0.396 e. The fourth-order valence-corrected chi connectivity index (χ4v) is 1.70. The van der Waals surface area contributed by atoms with Gasteiger partial charge in [-0.15, -0.1) is 0 Å². The Bertz CT molecular complexity index is 406. The van der Waals surface area contributed by atoms with Crippen LogP contribution in [0.5, 0.6) is 0 Å². The molecule has 2 nitrogen and oxygen atoms in total. The molecular formula is C13H17F4NO. The largest absolute Gasteiger partial charge is 0.416 e. The van der Waals surface area contributed by atoms with Crippen LogP contribution in [0.25, 0.3) is 0 Å². The third kappa shape index (κ3) is 5.57. The van der Waals surface area contributed by atoms with Crippen molar-refractivity contribution < 1.29 is 22.7 Å². The quantitative estimate of drug-likeness (QED) is 0.785. The first-order chi connectivity index (χ1) is 8.82. The summed E-state index contributed by atoms with van der Waals surface area (Å²) < 4.78 is 50.6. The number of nitrogens with one attached hydrogen (secondary N) is 1. The Morgan fingerprint density at radius 3 is 2.53 bits per heavy atom. The molecule has 6 heteroatoms. The summed E-state index contributed by atoms with van der Waals surface area (Å²) in [5.41, 5.74) is -0.726. The molecular weight excluding hydrogens is 262 g/mol. The zero-order valence-electron chi connectivity index (χ0n) is 10.6. The summed E-state index contributed by atoms with van der Waals surface area (Å²) in [6.07, 6.45) is -3.93. The molecule has 0 aliphatic heterocycles. The van der Waals surface area contributed by atoms with Gasteiger partial charge in [-0.1, -0.05) is 6.92 Å². The lowest BCUT2D eigenvalue weighted by molar-refractivity contribution is -0.137. The van der Waals surface area contributed by atoms with E-state index in [1.807, 2.05) is 6.92 Å². The van der Waals surface area contributed by atoms with Crippen molar-refractivity contribution in [2.45, 2.75) is 26.1 Å². The summed E-state index contributed by atoms with van der Waals surface area (Å²) in [4.78, 5) is 0. The fourth-order valence-electron chi connectivity index (χ4n) is 1.70. The van der Waals surface area contributed by atoms with Gasteiger partial charge in [0.05, 0.1) is 5.56 Å². The molecule has 1 rings (SSSR count). The third-order valence-electron chi connectivity index (χ3n) is 2.73. The van der Waals surface area contributed by atoms with Crippen LogP contribution in [-0.2, 0) is 12.7 Å². The lowest BCUT2D eigenvalue weighted by atomic mass is 10.1. The van der Waals surface area contributed by atoms with Crippen LogP contribution in [0.2, 0.25) is 0 Å².